The molecule has 1 saturated carbocycles. The molecule has 0 saturated heterocycles. The van der Waals surface area contributed by atoms with Crippen molar-refractivity contribution in [2.75, 3.05) is 37.1 Å². The maximum absolute atomic E-state index is 12.5. The van der Waals surface area contributed by atoms with Gasteiger partial charge in [-0.2, -0.15) is 37.9 Å². The molecule has 1 fully saturated rings. The van der Waals surface area contributed by atoms with E-state index in [-0.39, 0.29) is 36.7 Å². The molecule has 1 aliphatic carbocycles. The lowest BCUT2D eigenvalue weighted by atomic mass is 9.77. The van der Waals surface area contributed by atoms with Crippen LogP contribution in [0.3, 0.4) is 0 Å². The highest BCUT2D eigenvalue weighted by atomic mass is 32.1. The zero-order chi connectivity index (χ0) is 42.1. The van der Waals surface area contributed by atoms with Gasteiger partial charge >= 0.3 is 11.9 Å². The monoisotopic (exact) mass is 844 g/mol. The summed E-state index contributed by atoms with van der Waals surface area (Å²) in [5.74, 6) is 3.06. The Labute approximate surface area is 366 Å². The van der Waals surface area contributed by atoms with E-state index in [2.05, 4.69) is 119 Å². The molecule has 0 amide bonds. The van der Waals surface area contributed by atoms with Gasteiger partial charge in [0.2, 0.25) is 0 Å². The van der Waals surface area contributed by atoms with Crippen molar-refractivity contribution >= 4 is 49.8 Å². The fourth-order valence-corrected chi connectivity index (χ4v) is 8.53. The Bertz CT molecular complexity index is 1750. The first-order chi connectivity index (χ1) is 28.0. The summed E-state index contributed by atoms with van der Waals surface area (Å²) in [6, 6.07) is 20.8. The summed E-state index contributed by atoms with van der Waals surface area (Å²) in [6.45, 7) is 15.1. The van der Waals surface area contributed by atoms with E-state index in [1.807, 2.05) is 0 Å². The first-order valence-electron chi connectivity index (χ1n) is 21.5. The molecule has 0 aromatic heterocycles. The fraction of sp³-hybridized carbons (Fsp3) is 0.520. The Kier molecular flexibility index (Phi) is 19.9. The molecule has 3 aromatic carbocycles. The number of esters is 2. The quantitative estimate of drug-likeness (QED) is 0.0363. The SMILES string of the molecule is C=C(C)C(=O)OCC(CS)(COC(=O)C(=C)C)COc1c(CCCS)cc(-c2ccc(-c3ccc(C4CCC(CCCCC)CC4)cc3)cc2CC)cc1CCCS. The highest BCUT2D eigenvalue weighted by Crippen LogP contribution is 2.40. The van der Waals surface area contributed by atoms with Crippen molar-refractivity contribution in [3.63, 3.8) is 0 Å². The normalized spacial score (nSPS) is 15.5. The number of ether oxygens (including phenoxy) is 3. The van der Waals surface area contributed by atoms with Gasteiger partial charge in [0.05, 0.1) is 5.41 Å². The van der Waals surface area contributed by atoms with Crippen LogP contribution in [0, 0.1) is 11.3 Å². The summed E-state index contributed by atoms with van der Waals surface area (Å²) < 4.78 is 18.0. The largest absolute Gasteiger partial charge is 0.492 e. The predicted octanol–water partition coefficient (Wildman–Crippen LogP) is 12.7. The van der Waals surface area contributed by atoms with Crippen LogP contribution >= 0.6 is 37.9 Å². The molecule has 58 heavy (non-hydrogen) atoms. The molecular weight excluding hydrogens is 777 g/mol. The molecule has 5 nitrogen and oxygen atoms in total. The summed E-state index contributed by atoms with van der Waals surface area (Å²) in [5, 5.41) is 0. The van der Waals surface area contributed by atoms with Crippen LogP contribution in [-0.4, -0.2) is 49.0 Å². The van der Waals surface area contributed by atoms with Gasteiger partial charge in [0.15, 0.2) is 0 Å². The van der Waals surface area contributed by atoms with Crippen LogP contribution in [0.1, 0.15) is 120 Å². The molecular formula is C50H68O5S3. The molecule has 316 valence electrons. The van der Waals surface area contributed by atoms with E-state index in [4.69, 9.17) is 14.2 Å². The third-order valence-corrected chi connectivity index (χ3v) is 12.9. The zero-order valence-electron chi connectivity index (χ0n) is 35.6. The third-order valence-electron chi connectivity index (χ3n) is 11.6. The van der Waals surface area contributed by atoms with E-state index in [9.17, 15) is 9.59 Å². The Morgan fingerprint density at radius 2 is 1.24 bits per heavy atom. The second-order valence-corrected chi connectivity index (χ2v) is 17.7. The van der Waals surface area contributed by atoms with Crippen molar-refractivity contribution in [3.8, 4) is 28.0 Å². The average molecular weight is 845 g/mol. The fourth-order valence-electron chi connectivity index (χ4n) is 7.94. The number of carbonyl (C=O) groups excluding carboxylic acids is 2. The first-order valence-corrected chi connectivity index (χ1v) is 23.4. The van der Waals surface area contributed by atoms with Gasteiger partial charge in [0.1, 0.15) is 25.6 Å². The lowest BCUT2D eigenvalue weighted by molar-refractivity contribution is -0.149. The van der Waals surface area contributed by atoms with E-state index in [1.54, 1.807) is 13.8 Å². The minimum Gasteiger partial charge on any atom is -0.492 e. The smallest absolute Gasteiger partial charge is 0.333 e. The molecule has 3 aromatic rings. The van der Waals surface area contributed by atoms with E-state index < -0.39 is 17.4 Å². The number of hydrogen-bond donors (Lipinski definition) is 3. The molecule has 4 rings (SSSR count). The van der Waals surface area contributed by atoms with Gasteiger partial charge in [-0.05, 0) is 152 Å². The van der Waals surface area contributed by atoms with Crippen LogP contribution in [0.15, 0.2) is 78.9 Å². The van der Waals surface area contributed by atoms with Gasteiger partial charge in [-0.1, -0.05) is 95.2 Å². The van der Waals surface area contributed by atoms with Crippen LogP contribution in [0.4, 0.5) is 0 Å². The number of thiol groups is 3. The Morgan fingerprint density at radius 1 is 0.690 bits per heavy atom. The number of unbranched alkanes of at least 4 members (excludes halogenated alkanes) is 2. The Morgan fingerprint density at radius 3 is 1.74 bits per heavy atom. The lowest BCUT2D eigenvalue weighted by Gasteiger charge is -2.32. The third kappa shape index (κ3) is 13.7. The molecule has 0 heterocycles. The highest BCUT2D eigenvalue weighted by molar-refractivity contribution is 7.80. The summed E-state index contributed by atoms with van der Waals surface area (Å²) in [7, 11) is 0. The Balaban J connectivity index is 1.63. The van der Waals surface area contributed by atoms with Crippen LogP contribution in [-0.2, 0) is 38.3 Å². The van der Waals surface area contributed by atoms with Crippen molar-refractivity contribution in [3.05, 3.63) is 101 Å². The van der Waals surface area contributed by atoms with Crippen molar-refractivity contribution in [1.82, 2.24) is 0 Å². The van der Waals surface area contributed by atoms with Gasteiger partial charge < -0.3 is 14.2 Å². The lowest BCUT2D eigenvalue weighted by Crippen LogP contribution is -2.42. The number of hydrogen-bond acceptors (Lipinski definition) is 8. The van der Waals surface area contributed by atoms with Gasteiger partial charge in [0, 0.05) is 16.9 Å². The summed E-state index contributed by atoms with van der Waals surface area (Å²) >= 11 is 13.8. The molecule has 1 aliphatic rings. The highest BCUT2D eigenvalue weighted by Gasteiger charge is 2.35. The molecule has 0 radical (unpaired) electrons. The minimum absolute atomic E-state index is 0.0587. The second-order valence-electron chi connectivity index (χ2n) is 16.5. The molecule has 0 N–H and O–H groups in total. The molecule has 0 spiro atoms. The van der Waals surface area contributed by atoms with Crippen molar-refractivity contribution in [2.24, 2.45) is 11.3 Å². The van der Waals surface area contributed by atoms with E-state index >= 15 is 0 Å². The number of aryl methyl sites for hydroxylation is 3. The topological polar surface area (TPSA) is 61.8 Å². The number of carbonyl (C=O) groups is 2. The Hall–Kier alpha value is -3.07. The molecule has 0 bridgehead atoms. The van der Waals surface area contributed by atoms with Gasteiger partial charge in [-0.25, -0.2) is 9.59 Å². The van der Waals surface area contributed by atoms with Gasteiger partial charge in [0.25, 0.3) is 0 Å². The van der Waals surface area contributed by atoms with Crippen molar-refractivity contribution < 1.29 is 23.8 Å². The summed E-state index contributed by atoms with van der Waals surface area (Å²) in [4.78, 5) is 25.0. The summed E-state index contributed by atoms with van der Waals surface area (Å²) in [6.07, 6.45) is 15.0. The average Bonchev–Trinajstić information content (AvgIpc) is 3.24. The molecule has 0 unspecified atom stereocenters. The molecule has 0 atom stereocenters. The zero-order valence-corrected chi connectivity index (χ0v) is 38.3. The maximum Gasteiger partial charge on any atom is 0.333 e. The standard InChI is InChI=1S/C50H68O5S3/c1-7-9-10-13-37-16-18-39(19-17-37)40-20-22-41(23-21-40)42-24-25-46(38(8-2)28-42)45-29-43(14-11-26-56)47(44(30-45)15-12-27-57)53-31-50(34-58,32-54-48(51)35(3)4)33-55-49(52)36(5)6/h20-25,28-30,37,39,56-58H,3,5,7-19,26-27,31-34H2,1-2,4,6H3. The number of rotatable bonds is 24. The van der Waals surface area contributed by atoms with Crippen LogP contribution in [0.5, 0.6) is 5.75 Å². The van der Waals surface area contributed by atoms with E-state index in [0.717, 1.165) is 72.0 Å². The van der Waals surface area contributed by atoms with Crippen LogP contribution in [0.2, 0.25) is 0 Å². The molecule has 0 aliphatic heterocycles. The second kappa shape index (κ2) is 24.3. The van der Waals surface area contributed by atoms with Crippen molar-refractivity contribution in [1.29, 1.82) is 0 Å². The predicted molar refractivity (Wildman–Crippen MR) is 253 cm³/mol. The van der Waals surface area contributed by atoms with Gasteiger partial charge in [-0.15, -0.1) is 0 Å². The first kappa shape index (κ1) is 47.6. The minimum atomic E-state index is -0.920. The van der Waals surface area contributed by atoms with E-state index in [0.29, 0.717) is 5.92 Å². The van der Waals surface area contributed by atoms with E-state index in [1.165, 1.54) is 79.2 Å². The maximum atomic E-state index is 12.5. The van der Waals surface area contributed by atoms with Crippen LogP contribution in [0.25, 0.3) is 22.3 Å². The summed E-state index contributed by atoms with van der Waals surface area (Å²) in [5.41, 5.74) is 9.46. The van der Waals surface area contributed by atoms with Gasteiger partial charge in [-0.3, -0.25) is 0 Å². The molecule has 8 heteroatoms. The number of benzene rings is 3. The van der Waals surface area contributed by atoms with Crippen LogP contribution < -0.4 is 4.74 Å². The van der Waals surface area contributed by atoms with Crippen molar-refractivity contribution in [2.45, 2.75) is 117 Å².